The van der Waals surface area contributed by atoms with Crippen molar-refractivity contribution >= 4 is 38.7 Å². The first-order chi connectivity index (χ1) is 11.3. The van der Waals surface area contributed by atoms with Crippen molar-refractivity contribution in [3.05, 3.63) is 91.0 Å². The molecule has 0 amide bonds. The Bertz CT molecular complexity index is 652. The summed E-state index contributed by atoms with van der Waals surface area (Å²) in [5.74, 6) is 0. The van der Waals surface area contributed by atoms with E-state index in [4.69, 9.17) is 4.52 Å². The number of benzene rings is 3. The van der Waals surface area contributed by atoms with Crippen molar-refractivity contribution in [1.82, 2.24) is 0 Å². The topological polar surface area (TPSA) is 9.23 Å². The van der Waals surface area contributed by atoms with Gasteiger partial charge >= 0.3 is 146 Å². The summed E-state index contributed by atoms with van der Waals surface area (Å²) < 4.78 is 6.52. The maximum atomic E-state index is 6.52. The number of hydrogen-bond acceptors (Lipinski definition) is 1. The molecule has 0 N–H and O–H groups in total. The first-order valence-corrected chi connectivity index (χ1v) is 11.0. The van der Waals surface area contributed by atoms with E-state index in [1.54, 1.807) is 0 Å². The van der Waals surface area contributed by atoms with E-state index in [-0.39, 0.29) is 0 Å². The third-order valence-electron chi connectivity index (χ3n) is 4.54. The zero-order valence-electron chi connectivity index (χ0n) is 13.1. The van der Waals surface area contributed by atoms with E-state index in [1.807, 2.05) is 7.11 Å². The summed E-state index contributed by atoms with van der Waals surface area (Å²) in [6.45, 7) is -3.01. The van der Waals surface area contributed by atoms with Crippen LogP contribution in [-0.2, 0) is 4.52 Å². The van der Waals surface area contributed by atoms with E-state index in [1.165, 1.54) is 15.9 Å². The fourth-order valence-corrected chi connectivity index (χ4v) is 10.9. The van der Waals surface area contributed by atoms with E-state index < -0.39 is 6.83 Å². The quantitative estimate of drug-likeness (QED) is 0.465. The molecule has 3 rings (SSSR count). The van der Waals surface area contributed by atoms with Gasteiger partial charge in [-0.3, -0.25) is 0 Å². The van der Waals surface area contributed by atoms with Crippen molar-refractivity contribution in [2.45, 2.75) is 0 Å². The van der Waals surface area contributed by atoms with Crippen molar-refractivity contribution in [3.8, 4) is 0 Å². The van der Waals surface area contributed by atoms with Crippen LogP contribution in [0.3, 0.4) is 0 Å². The van der Waals surface area contributed by atoms with Crippen molar-refractivity contribution in [1.29, 1.82) is 0 Å². The molecule has 0 spiro atoms. The molecule has 23 heavy (non-hydrogen) atoms. The number of halogens is 1. The van der Waals surface area contributed by atoms with Gasteiger partial charge in [0.15, 0.2) is 0 Å². The van der Waals surface area contributed by atoms with Crippen molar-refractivity contribution in [2.24, 2.45) is 0 Å². The summed E-state index contributed by atoms with van der Waals surface area (Å²) in [4.78, 5) is 0. The maximum absolute atomic E-state index is 6.52. The van der Waals surface area contributed by atoms with Gasteiger partial charge in [-0.1, -0.05) is 0 Å². The normalized spacial score (nSPS) is 13.2. The van der Waals surface area contributed by atoms with Gasteiger partial charge in [0.2, 0.25) is 0 Å². The molecule has 0 atom stereocenters. The molecule has 1 nitrogen and oxygen atoms in total. The van der Waals surface area contributed by atoms with Crippen LogP contribution in [0.2, 0.25) is 0 Å². The second-order valence-electron chi connectivity index (χ2n) is 5.52. The fraction of sp³-hybridized carbons (Fsp3) is 0.100. The average Bonchev–Trinajstić information content (AvgIpc) is 2.67. The van der Waals surface area contributed by atoms with Gasteiger partial charge in [-0.05, 0) is 0 Å². The van der Waals surface area contributed by atoms with Gasteiger partial charge in [0.05, 0.1) is 0 Å². The average molecular weight is 387 g/mol. The first-order valence-electron chi connectivity index (χ1n) is 7.58. The van der Waals surface area contributed by atoms with E-state index >= 15 is 0 Å². The van der Waals surface area contributed by atoms with Gasteiger partial charge in [0.1, 0.15) is 0 Å². The molecule has 3 aromatic carbocycles. The molecule has 3 heteroatoms. The standard InChI is InChI=1S/C20H20BrOP/c1-22-23(17-21,18-11-5-2-6-12-18,19-13-7-3-8-14-19)20-15-9-4-10-16-20/h2-16H,17H2,1H3. The van der Waals surface area contributed by atoms with Crippen LogP contribution in [0.1, 0.15) is 0 Å². The third kappa shape index (κ3) is 2.37. The van der Waals surface area contributed by atoms with Gasteiger partial charge < -0.3 is 0 Å². The number of rotatable bonds is 5. The summed E-state index contributed by atoms with van der Waals surface area (Å²) in [7, 11) is 1.84. The molecule has 0 aliphatic carbocycles. The Morgan fingerprint density at radius 3 is 1.17 bits per heavy atom. The molecular weight excluding hydrogens is 367 g/mol. The Morgan fingerprint density at radius 2 is 0.957 bits per heavy atom. The Morgan fingerprint density at radius 1 is 0.652 bits per heavy atom. The van der Waals surface area contributed by atoms with Crippen LogP contribution in [0.4, 0.5) is 0 Å². The van der Waals surface area contributed by atoms with Crippen LogP contribution < -0.4 is 15.9 Å². The van der Waals surface area contributed by atoms with Gasteiger partial charge in [0, 0.05) is 0 Å². The molecule has 0 unspecified atom stereocenters. The molecule has 0 aromatic heterocycles. The van der Waals surface area contributed by atoms with Crippen molar-refractivity contribution < 1.29 is 4.52 Å². The predicted octanol–water partition coefficient (Wildman–Crippen LogP) is 4.43. The molecule has 0 saturated carbocycles. The van der Waals surface area contributed by atoms with Crippen LogP contribution in [0.5, 0.6) is 0 Å². The molecule has 0 bridgehead atoms. The van der Waals surface area contributed by atoms with Gasteiger partial charge in [-0.15, -0.1) is 0 Å². The summed E-state index contributed by atoms with van der Waals surface area (Å²) in [5.41, 5.74) is 0. The molecule has 3 aromatic rings. The summed E-state index contributed by atoms with van der Waals surface area (Å²) in [6, 6.07) is 31.8. The van der Waals surface area contributed by atoms with Gasteiger partial charge in [0.25, 0.3) is 0 Å². The first kappa shape index (κ1) is 16.4. The zero-order valence-corrected chi connectivity index (χ0v) is 15.6. The second-order valence-corrected chi connectivity index (χ2v) is 11.6. The Kier molecular flexibility index (Phi) is 4.68. The molecular formula is C20H20BrOP. The van der Waals surface area contributed by atoms with Crippen LogP contribution >= 0.6 is 22.8 Å². The third-order valence-corrected chi connectivity index (χ3v) is 12.8. The van der Waals surface area contributed by atoms with E-state index in [0.717, 1.165) is 5.07 Å². The number of hydrogen-bond donors (Lipinski definition) is 0. The SMILES string of the molecule is COP(CBr)(c1ccccc1)(c1ccccc1)c1ccccc1. The summed E-state index contributed by atoms with van der Waals surface area (Å²) >= 11 is 3.83. The zero-order chi connectivity index (χ0) is 16.2. The van der Waals surface area contributed by atoms with Crippen molar-refractivity contribution in [3.63, 3.8) is 0 Å². The Labute approximate surface area is 146 Å². The van der Waals surface area contributed by atoms with E-state index in [0.29, 0.717) is 0 Å². The van der Waals surface area contributed by atoms with Gasteiger partial charge in [-0.2, -0.15) is 0 Å². The van der Waals surface area contributed by atoms with Gasteiger partial charge in [-0.25, -0.2) is 0 Å². The summed E-state index contributed by atoms with van der Waals surface area (Å²) in [5, 5.41) is 4.44. The Balaban J connectivity index is 2.46. The Hall–Kier alpha value is -1.47. The molecule has 0 radical (unpaired) electrons. The minimum absolute atomic E-state index is 0.743. The molecule has 118 valence electrons. The number of alkyl halides is 1. The van der Waals surface area contributed by atoms with E-state index in [2.05, 4.69) is 107 Å². The van der Waals surface area contributed by atoms with Crippen LogP contribution in [0.15, 0.2) is 91.0 Å². The second kappa shape index (κ2) is 6.57. The predicted molar refractivity (Wildman–Crippen MR) is 106 cm³/mol. The molecule has 0 heterocycles. The summed E-state index contributed by atoms with van der Waals surface area (Å²) in [6.07, 6.45) is 0. The van der Waals surface area contributed by atoms with Crippen LogP contribution in [0, 0.1) is 0 Å². The molecule has 0 aliphatic rings. The molecule has 0 aliphatic heterocycles. The van der Waals surface area contributed by atoms with Crippen LogP contribution in [0.25, 0.3) is 0 Å². The van der Waals surface area contributed by atoms with E-state index in [9.17, 15) is 0 Å². The molecule has 0 saturated heterocycles. The van der Waals surface area contributed by atoms with Crippen molar-refractivity contribution in [2.75, 3.05) is 12.2 Å². The molecule has 0 fully saturated rings. The monoisotopic (exact) mass is 386 g/mol. The fourth-order valence-electron chi connectivity index (χ4n) is 3.25. The van der Waals surface area contributed by atoms with Crippen LogP contribution in [-0.4, -0.2) is 12.2 Å². The minimum atomic E-state index is -3.01.